The lowest BCUT2D eigenvalue weighted by Gasteiger charge is -2.33. The van der Waals surface area contributed by atoms with Gasteiger partial charge in [-0.3, -0.25) is 0 Å². The summed E-state index contributed by atoms with van der Waals surface area (Å²) in [5, 5.41) is 3.35. The molecule has 1 aliphatic carbocycles. The highest BCUT2D eigenvalue weighted by molar-refractivity contribution is 5.19. The van der Waals surface area contributed by atoms with Gasteiger partial charge in [-0.15, -0.1) is 0 Å². The van der Waals surface area contributed by atoms with E-state index in [0.29, 0.717) is 18.4 Å². The fourth-order valence-corrected chi connectivity index (χ4v) is 3.49. The summed E-state index contributed by atoms with van der Waals surface area (Å²) >= 11 is 0. The van der Waals surface area contributed by atoms with Gasteiger partial charge in [0.25, 0.3) is 0 Å². The monoisotopic (exact) mass is 281 g/mol. The lowest BCUT2D eigenvalue weighted by molar-refractivity contribution is 0.222. The number of hydrogen-bond donors (Lipinski definition) is 1. The largest absolute Gasteiger partial charge is 0.316 e. The molecule has 1 N–H and O–H groups in total. The summed E-state index contributed by atoms with van der Waals surface area (Å²) in [4.78, 5) is 0. The third-order valence-electron chi connectivity index (χ3n) is 4.79. The molecule has 1 atom stereocenters. The number of halogens is 2. The Morgan fingerprint density at radius 3 is 2.20 bits per heavy atom. The van der Waals surface area contributed by atoms with E-state index in [1.54, 1.807) is 0 Å². The van der Waals surface area contributed by atoms with Gasteiger partial charge in [-0.25, -0.2) is 8.78 Å². The Labute approximate surface area is 120 Å². The van der Waals surface area contributed by atoms with Crippen molar-refractivity contribution in [2.45, 2.75) is 51.5 Å². The zero-order valence-electron chi connectivity index (χ0n) is 12.5. The average molecular weight is 281 g/mol. The summed E-state index contributed by atoms with van der Waals surface area (Å²) in [5.41, 5.74) is 0.750. The lowest BCUT2D eigenvalue weighted by Crippen LogP contribution is -2.37. The predicted molar refractivity (Wildman–Crippen MR) is 78.6 cm³/mol. The molecule has 2 rings (SSSR count). The first-order valence-electron chi connectivity index (χ1n) is 7.74. The molecule has 1 nitrogen and oxygen atoms in total. The van der Waals surface area contributed by atoms with Crippen molar-refractivity contribution in [1.29, 1.82) is 0 Å². The molecule has 0 aromatic heterocycles. The molecule has 0 amide bonds. The number of likely N-dealkylation sites (N-methyl/N-ethyl adjacent to an activating group) is 1. The predicted octanol–water partition coefficient (Wildman–Crippen LogP) is 4.31. The van der Waals surface area contributed by atoms with Gasteiger partial charge in [0.15, 0.2) is 0 Å². The first kappa shape index (κ1) is 15.4. The van der Waals surface area contributed by atoms with E-state index in [9.17, 15) is 8.78 Å². The Balaban J connectivity index is 1.98. The van der Waals surface area contributed by atoms with Crippen molar-refractivity contribution in [2.24, 2.45) is 11.8 Å². The van der Waals surface area contributed by atoms with E-state index in [1.165, 1.54) is 44.2 Å². The van der Waals surface area contributed by atoms with Gasteiger partial charge in [-0.1, -0.05) is 26.2 Å². The molecule has 20 heavy (non-hydrogen) atoms. The van der Waals surface area contributed by atoms with Crippen LogP contribution in [-0.2, 0) is 6.42 Å². The van der Waals surface area contributed by atoms with Crippen LogP contribution in [-0.4, -0.2) is 13.1 Å². The molecule has 0 saturated heterocycles. The van der Waals surface area contributed by atoms with E-state index >= 15 is 0 Å². The third-order valence-corrected chi connectivity index (χ3v) is 4.79. The van der Waals surface area contributed by atoms with Crippen LogP contribution in [0.4, 0.5) is 8.78 Å². The third kappa shape index (κ3) is 4.02. The van der Waals surface area contributed by atoms with Gasteiger partial charge in [0.05, 0.1) is 0 Å². The maximum absolute atomic E-state index is 13.3. The zero-order chi connectivity index (χ0) is 14.5. The summed E-state index contributed by atoms with van der Waals surface area (Å²) in [7, 11) is 1.95. The van der Waals surface area contributed by atoms with Crippen LogP contribution in [0.25, 0.3) is 0 Å². The van der Waals surface area contributed by atoms with E-state index in [-0.39, 0.29) is 0 Å². The van der Waals surface area contributed by atoms with Gasteiger partial charge in [0, 0.05) is 12.1 Å². The standard InChI is InChI=1S/C17H25F2N/c1-3-12-4-6-14(7-5-12)17(20-2)10-13-8-15(18)11-16(19)9-13/h8-9,11-12,14,17,20H,3-7,10H2,1-2H3. The second-order valence-corrected chi connectivity index (χ2v) is 6.07. The molecule has 112 valence electrons. The van der Waals surface area contributed by atoms with Crippen LogP contribution in [0, 0.1) is 23.5 Å². The molecule has 0 aliphatic heterocycles. The van der Waals surface area contributed by atoms with Crippen molar-refractivity contribution in [3.05, 3.63) is 35.4 Å². The van der Waals surface area contributed by atoms with Crippen LogP contribution in [0.2, 0.25) is 0 Å². The van der Waals surface area contributed by atoms with Crippen molar-refractivity contribution in [3.63, 3.8) is 0 Å². The van der Waals surface area contributed by atoms with Gasteiger partial charge >= 0.3 is 0 Å². The van der Waals surface area contributed by atoms with Gasteiger partial charge in [0.2, 0.25) is 0 Å². The van der Waals surface area contributed by atoms with Gasteiger partial charge < -0.3 is 5.32 Å². The number of benzene rings is 1. The minimum atomic E-state index is -0.482. The van der Waals surface area contributed by atoms with Gasteiger partial charge in [-0.2, -0.15) is 0 Å². The van der Waals surface area contributed by atoms with Crippen molar-refractivity contribution in [2.75, 3.05) is 7.05 Å². The first-order valence-corrected chi connectivity index (χ1v) is 7.74. The Hall–Kier alpha value is -0.960. The van der Waals surface area contributed by atoms with E-state index < -0.39 is 11.6 Å². The molecule has 1 aromatic carbocycles. The number of nitrogens with one attached hydrogen (secondary N) is 1. The molecular formula is C17H25F2N. The molecule has 1 saturated carbocycles. The molecule has 3 heteroatoms. The van der Waals surface area contributed by atoms with Crippen molar-refractivity contribution in [3.8, 4) is 0 Å². The Kier molecular flexibility index (Phi) is 5.53. The smallest absolute Gasteiger partial charge is 0.126 e. The zero-order valence-corrected chi connectivity index (χ0v) is 12.5. The average Bonchev–Trinajstić information content (AvgIpc) is 2.44. The maximum atomic E-state index is 13.3. The molecule has 1 fully saturated rings. The normalized spacial score (nSPS) is 24.6. The molecule has 1 unspecified atom stereocenters. The first-order chi connectivity index (χ1) is 9.62. The van der Waals surface area contributed by atoms with E-state index in [1.807, 2.05) is 7.05 Å². The molecule has 0 spiro atoms. The van der Waals surface area contributed by atoms with E-state index in [4.69, 9.17) is 0 Å². The summed E-state index contributed by atoms with van der Waals surface area (Å²) in [6.45, 7) is 2.26. The van der Waals surface area contributed by atoms with Crippen LogP contribution in [0.3, 0.4) is 0 Å². The molecule has 1 aromatic rings. The summed E-state index contributed by atoms with van der Waals surface area (Å²) in [6, 6.07) is 4.15. The Morgan fingerprint density at radius 2 is 1.70 bits per heavy atom. The second kappa shape index (κ2) is 7.16. The molecule has 0 radical (unpaired) electrons. The van der Waals surface area contributed by atoms with Gasteiger partial charge in [-0.05, 0) is 55.8 Å². The quantitative estimate of drug-likeness (QED) is 0.848. The summed E-state index contributed by atoms with van der Waals surface area (Å²) < 4.78 is 26.5. The second-order valence-electron chi connectivity index (χ2n) is 6.07. The van der Waals surface area contributed by atoms with Crippen LogP contribution in [0.1, 0.15) is 44.6 Å². The molecular weight excluding hydrogens is 256 g/mol. The maximum Gasteiger partial charge on any atom is 0.126 e. The highest BCUT2D eigenvalue weighted by atomic mass is 19.1. The highest BCUT2D eigenvalue weighted by Gasteiger charge is 2.26. The minimum absolute atomic E-state index is 0.314. The number of rotatable bonds is 5. The molecule has 0 heterocycles. The van der Waals surface area contributed by atoms with Crippen LogP contribution in [0.5, 0.6) is 0 Å². The Morgan fingerprint density at radius 1 is 1.10 bits per heavy atom. The molecule has 0 bridgehead atoms. The fraction of sp³-hybridized carbons (Fsp3) is 0.647. The molecule has 1 aliphatic rings. The highest BCUT2D eigenvalue weighted by Crippen LogP contribution is 2.33. The summed E-state index contributed by atoms with van der Waals surface area (Å²) in [6.07, 6.45) is 7.00. The van der Waals surface area contributed by atoms with Crippen LogP contribution in [0.15, 0.2) is 18.2 Å². The number of hydrogen-bond acceptors (Lipinski definition) is 1. The fourth-order valence-electron chi connectivity index (χ4n) is 3.49. The van der Waals surface area contributed by atoms with Crippen molar-refractivity contribution in [1.82, 2.24) is 5.32 Å². The minimum Gasteiger partial charge on any atom is -0.316 e. The summed E-state index contributed by atoms with van der Waals surface area (Å²) in [5.74, 6) is 0.526. The lowest BCUT2D eigenvalue weighted by atomic mass is 9.76. The van der Waals surface area contributed by atoms with Crippen molar-refractivity contribution >= 4 is 0 Å². The Bertz CT molecular complexity index is 405. The topological polar surface area (TPSA) is 12.0 Å². The SMILES string of the molecule is CCC1CCC(C(Cc2cc(F)cc(F)c2)NC)CC1. The van der Waals surface area contributed by atoms with Gasteiger partial charge in [0.1, 0.15) is 11.6 Å². The van der Waals surface area contributed by atoms with E-state index in [0.717, 1.165) is 17.5 Å². The van der Waals surface area contributed by atoms with E-state index in [2.05, 4.69) is 12.2 Å². The van der Waals surface area contributed by atoms with Crippen LogP contribution >= 0.6 is 0 Å². The van der Waals surface area contributed by atoms with Crippen molar-refractivity contribution < 1.29 is 8.78 Å². The van der Waals surface area contributed by atoms with Crippen LogP contribution < -0.4 is 5.32 Å².